The van der Waals surface area contributed by atoms with Crippen LogP contribution in [0, 0.1) is 6.92 Å². The van der Waals surface area contributed by atoms with E-state index in [1.54, 1.807) is 0 Å². The summed E-state index contributed by atoms with van der Waals surface area (Å²) < 4.78 is 2.09. The predicted molar refractivity (Wildman–Crippen MR) is 76.6 cm³/mol. The molecule has 0 unspecified atom stereocenters. The van der Waals surface area contributed by atoms with Gasteiger partial charge in [-0.3, -0.25) is 4.98 Å². The lowest BCUT2D eigenvalue weighted by Crippen LogP contribution is -1.99. The molecule has 3 rings (SSSR count). The number of nitrogens with two attached hydrogens (primary N) is 1. The third-order valence-electron chi connectivity index (χ3n) is 3.39. The van der Waals surface area contributed by atoms with Crippen molar-refractivity contribution in [3.8, 4) is 11.5 Å². The summed E-state index contributed by atoms with van der Waals surface area (Å²) in [6, 6.07) is 10.1. The number of rotatable bonds is 2. The fourth-order valence-corrected chi connectivity index (χ4v) is 2.37. The molecule has 0 amide bonds. The van der Waals surface area contributed by atoms with E-state index in [4.69, 9.17) is 5.73 Å². The Morgan fingerprint density at radius 3 is 2.68 bits per heavy atom. The van der Waals surface area contributed by atoms with Crippen molar-refractivity contribution in [2.75, 3.05) is 0 Å². The van der Waals surface area contributed by atoms with Crippen LogP contribution in [0.4, 0.5) is 0 Å². The Labute approximate surface area is 111 Å². The molecule has 0 bridgehead atoms. The van der Waals surface area contributed by atoms with Crippen molar-refractivity contribution < 1.29 is 0 Å². The van der Waals surface area contributed by atoms with Gasteiger partial charge in [0.25, 0.3) is 0 Å². The van der Waals surface area contributed by atoms with Gasteiger partial charge in [-0.15, -0.1) is 0 Å². The number of fused-ring (bicyclic) bond motifs is 1. The van der Waals surface area contributed by atoms with Gasteiger partial charge in [0.2, 0.25) is 0 Å². The Balaban J connectivity index is 2.19. The van der Waals surface area contributed by atoms with Crippen LogP contribution >= 0.6 is 0 Å². The van der Waals surface area contributed by atoms with Crippen molar-refractivity contribution in [3.05, 3.63) is 47.7 Å². The van der Waals surface area contributed by atoms with E-state index in [9.17, 15) is 0 Å². The van der Waals surface area contributed by atoms with Crippen molar-refractivity contribution in [2.45, 2.75) is 13.5 Å². The molecule has 0 saturated carbocycles. The number of imidazole rings is 1. The van der Waals surface area contributed by atoms with E-state index >= 15 is 0 Å². The maximum Gasteiger partial charge on any atom is 0.159 e. The Hall–Kier alpha value is -2.20. The smallest absolute Gasteiger partial charge is 0.159 e. The first-order valence-corrected chi connectivity index (χ1v) is 6.28. The van der Waals surface area contributed by atoms with Crippen LogP contribution in [-0.2, 0) is 13.6 Å². The number of hydrogen-bond donors (Lipinski definition) is 1. The largest absolute Gasteiger partial charge is 0.326 e. The fraction of sp³-hybridized carbons (Fsp3) is 0.200. The molecule has 1 aromatic carbocycles. The molecule has 0 atom stereocenters. The highest BCUT2D eigenvalue weighted by Gasteiger charge is 2.11. The van der Waals surface area contributed by atoms with E-state index in [0.717, 1.165) is 28.1 Å². The summed E-state index contributed by atoms with van der Waals surface area (Å²) in [5.41, 5.74) is 10.9. The molecule has 19 heavy (non-hydrogen) atoms. The first-order valence-electron chi connectivity index (χ1n) is 6.28. The van der Waals surface area contributed by atoms with Gasteiger partial charge in [-0.2, -0.15) is 0 Å². The van der Waals surface area contributed by atoms with E-state index < -0.39 is 0 Å². The van der Waals surface area contributed by atoms with Crippen molar-refractivity contribution in [2.24, 2.45) is 12.8 Å². The summed E-state index contributed by atoms with van der Waals surface area (Å²) in [4.78, 5) is 9.11. The molecule has 0 radical (unpaired) electrons. The second kappa shape index (κ2) is 4.48. The third kappa shape index (κ3) is 1.90. The summed E-state index contributed by atoms with van der Waals surface area (Å²) in [5, 5.41) is 0. The van der Waals surface area contributed by atoms with Gasteiger partial charge in [-0.1, -0.05) is 18.2 Å². The maximum atomic E-state index is 5.59. The number of aromatic nitrogens is 3. The van der Waals surface area contributed by atoms with Crippen LogP contribution in [0.2, 0.25) is 0 Å². The molecule has 4 nitrogen and oxygen atoms in total. The van der Waals surface area contributed by atoms with Gasteiger partial charge in [0, 0.05) is 19.8 Å². The monoisotopic (exact) mass is 252 g/mol. The maximum absolute atomic E-state index is 5.59. The molecule has 2 N–H and O–H groups in total. The van der Waals surface area contributed by atoms with Crippen molar-refractivity contribution in [3.63, 3.8) is 0 Å². The van der Waals surface area contributed by atoms with Crippen LogP contribution in [0.5, 0.6) is 0 Å². The second-order valence-electron chi connectivity index (χ2n) is 4.69. The SMILES string of the molecule is Cc1cccc2nc(-c3ccc(CN)cn3)n(C)c12. The summed E-state index contributed by atoms with van der Waals surface area (Å²) in [6.45, 7) is 2.60. The minimum Gasteiger partial charge on any atom is -0.326 e. The number of hydrogen-bond acceptors (Lipinski definition) is 3. The zero-order chi connectivity index (χ0) is 13.4. The Morgan fingerprint density at radius 2 is 2.05 bits per heavy atom. The number of aryl methyl sites for hydroxylation is 2. The fourth-order valence-electron chi connectivity index (χ4n) is 2.37. The average Bonchev–Trinajstić information content (AvgIpc) is 2.78. The molecule has 0 saturated heterocycles. The lowest BCUT2D eigenvalue weighted by molar-refractivity contribution is 0.943. The lowest BCUT2D eigenvalue weighted by Gasteiger charge is -2.04. The van der Waals surface area contributed by atoms with Gasteiger partial charge in [0.1, 0.15) is 5.69 Å². The van der Waals surface area contributed by atoms with Gasteiger partial charge < -0.3 is 10.3 Å². The van der Waals surface area contributed by atoms with Crippen LogP contribution in [-0.4, -0.2) is 14.5 Å². The molecular formula is C15H16N4. The summed E-state index contributed by atoms with van der Waals surface area (Å²) in [7, 11) is 2.02. The number of pyridine rings is 1. The third-order valence-corrected chi connectivity index (χ3v) is 3.39. The van der Waals surface area contributed by atoms with Crippen LogP contribution in [0.1, 0.15) is 11.1 Å². The first kappa shape index (κ1) is 11.9. The van der Waals surface area contributed by atoms with E-state index in [2.05, 4.69) is 27.5 Å². The zero-order valence-corrected chi connectivity index (χ0v) is 11.1. The number of nitrogens with zero attached hydrogens (tertiary/aromatic N) is 3. The highest BCUT2D eigenvalue weighted by atomic mass is 15.1. The topological polar surface area (TPSA) is 56.7 Å². The van der Waals surface area contributed by atoms with Crippen molar-refractivity contribution in [1.29, 1.82) is 0 Å². The molecule has 0 fully saturated rings. The normalized spacial score (nSPS) is 11.1. The quantitative estimate of drug-likeness (QED) is 0.762. The Kier molecular flexibility index (Phi) is 2.80. The molecule has 0 aliphatic heterocycles. The summed E-state index contributed by atoms with van der Waals surface area (Å²) in [6.07, 6.45) is 1.81. The van der Waals surface area contributed by atoms with Crippen molar-refractivity contribution in [1.82, 2.24) is 14.5 Å². The Morgan fingerprint density at radius 1 is 1.21 bits per heavy atom. The van der Waals surface area contributed by atoms with Crippen LogP contribution in [0.15, 0.2) is 36.5 Å². The molecule has 0 aliphatic carbocycles. The van der Waals surface area contributed by atoms with Crippen LogP contribution in [0.25, 0.3) is 22.6 Å². The zero-order valence-electron chi connectivity index (χ0n) is 11.1. The highest BCUT2D eigenvalue weighted by Crippen LogP contribution is 2.24. The van der Waals surface area contributed by atoms with E-state index in [0.29, 0.717) is 6.54 Å². The van der Waals surface area contributed by atoms with E-state index in [-0.39, 0.29) is 0 Å². The Bertz CT molecular complexity index is 726. The molecule has 0 spiro atoms. The molecule has 4 heteroatoms. The number of benzene rings is 1. The number of para-hydroxylation sites is 1. The molecular weight excluding hydrogens is 236 g/mol. The minimum absolute atomic E-state index is 0.509. The van der Waals surface area contributed by atoms with Gasteiger partial charge in [0.05, 0.1) is 11.0 Å². The van der Waals surface area contributed by atoms with E-state index in [1.807, 2.05) is 37.5 Å². The van der Waals surface area contributed by atoms with Crippen molar-refractivity contribution >= 4 is 11.0 Å². The molecule has 96 valence electrons. The first-order chi connectivity index (χ1) is 9.20. The summed E-state index contributed by atoms with van der Waals surface area (Å²) in [5.74, 6) is 0.882. The predicted octanol–water partition coefficient (Wildman–Crippen LogP) is 2.40. The van der Waals surface area contributed by atoms with Gasteiger partial charge in [-0.25, -0.2) is 4.98 Å². The molecule has 2 aromatic heterocycles. The van der Waals surface area contributed by atoms with Gasteiger partial charge in [0.15, 0.2) is 5.82 Å². The van der Waals surface area contributed by atoms with Crippen LogP contribution < -0.4 is 5.73 Å². The van der Waals surface area contributed by atoms with Gasteiger partial charge >= 0.3 is 0 Å². The second-order valence-corrected chi connectivity index (χ2v) is 4.69. The highest BCUT2D eigenvalue weighted by molar-refractivity contribution is 5.82. The standard InChI is InChI=1S/C15H16N4/c1-10-4-3-5-12-14(10)19(2)15(18-12)13-7-6-11(8-16)9-17-13/h3-7,9H,8,16H2,1-2H3. The van der Waals surface area contributed by atoms with Gasteiger partial charge in [-0.05, 0) is 30.2 Å². The average molecular weight is 252 g/mol. The molecule has 2 heterocycles. The molecule has 3 aromatic rings. The summed E-state index contributed by atoms with van der Waals surface area (Å²) >= 11 is 0. The minimum atomic E-state index is 0.509. The van der Waals surface area contributed by atoms with Crippen LogP contribution in [0.3, 0.4) is 0 Å². The molecule has 0 aliphatic rings. The van der Waals surface area contributed by atoms with E-state index in [1.165, 1.54) is 5.56 Å². The lowest BCUT2D eigenvalue weighted by atomic mass is 10.2.